The Kier molecular flexibility index (Phi) is 6.79. The zero-order chi connectivity index (χ0) is 24.3. The predicted molar refractivity (Wildman–Crippen MR) is 131 cm³/mol. The van der Waals surface area contributed by atoms with Crippen molar-refractivity contribution in [2.45, 2.75) is 31.2 Å². The van der Waals surface area contributed by atoms with Crippen LogP contribution in [-0.2, 0) is 21.2 Å². The van der Waals surface area contributed by atoms with Gasteiger partial charge in [-0.05, 0) is 61.7 Å². The molecule has 3 aromatic rings. The van der Waals surface area contributed by atoms with Crippen molar-refractivity contribution in [1.82, 2.24) is 5.32 Å². The van der Waals surface area contributed by atoms with E-state index in [1.165, 1.54) is 10.4 Å². The van der Waals surface area contributed by atoms with E-state index >= 15 is 0 Å². The Hall–Kier alpha value is -3.52. The number of nitrogens with zero attached hydrogens (tertiary/aromatic N) is 1. The lowest BCUT2D eigenvalue weighted by molar-refractivity contribution is -0.123. The summed E-state index contributed by atoms with van der Waals surface area (Å²) >= 11 is 0. The van der Waals surface area contributed by atoms with Crippen LogP contribution in [0.25, 0.3) is 0 Å². The number of aryl methyl sites for hydroxylation is 1. The first-order valence-corrected chi connectivity index (χ1v) is 12.5. The second-order valence-electron chi connectivity index (χ2n) is 8.20. The molecule has 4 rings (SSSR count). The Balaban J connectivity index is 1.41. The molecule has 0 saturated carbocycles. The minimum atomic E-state index is -3.69. The average molecular weight is 481 g/mol. The fourth-order valence-corrected chi connectivity index (χ4v) is 5.75. The highest BCUT2D eigenvalue weighted by Crippen LogP contribution is 2.33. The van der Waals surface area contributed by atoms with Gasteiger partial charge in [0.05, 0.1) is 23.7 Å². The summed E-state index contributed by atoms with van der Waals surface area (Å²) in [4.78, 5) is 12.6. The molecular weight excluding hydrogens is 452 g/mol. The molecule has 0 saturated heterocycles. The maximum absolute atomic E-state index is 13.2. The number of carbonyl (C=O) groups excluding carboxylic acids is 1. The van der Waals surface area contributed by atoms with Crippen molar-refractivity contribution in [2.24, 2.45) is 0 Å². The fraction of sp³-hybridized carbons (Fsp3) is 0.269. The molecule has 1 unspecified atom stereocenters. The second kappa shape index (κ2) is 9.77. The summed E-state index contributed by atoms with van der Waals surface area (Å²) in [5, 5.41) is 2.90. The summed E-state index contributed by atoms with van der Waals surface area (Å²) in [6.45, 7) is 3.87. The SMILES string of the molecule is COc1ccccc1C(C)NC(=O)COc1ccc(S(=O)(=O)N2CCc3ccccc32)cc1C. The van der Waals surface area contributed by atoms with Gasteiger partial charge in [-0.25, -0.2) is 8.42 Å². The Morgan fingerprint density at radius 3 is 2.56 bits per heavy atom. The number of hydrogen-bond donors (Lipinski definition) is 1. The Labute approximate surface area is 200 Å². The van der Waals surface area contributed by atoms with Crippen LogP contribution in [0.15, 0.2) is 71.6 Å². The topological polar surface area (TPSA) is 84.9 Å². The first-order chi connectivity index (χ1) is 16.3. The summed E-state index contributed by atoms with van der Waals surface area (Å²) in [6.07, 6.45) is 0.692. The van der Waals surface area contributed by atoms with Crippen molar-refractivity contribution in [3.63, 3.8) is 0 Å². The third kappa shape index (κ3) is 4.72. The molecule has 178 valence electrons. The molecule has 0 fully saturated rings. The first-order valence-electron chi connectivity index (χ1n) is 11.1. The number of ether oxygens (including phenoxy) is 2. The van der Waals surface area contributed by atoms with E-state index in [9.17, 15) is 13.2 Å². The molecule has 0 aromatic heterocycles. The van der Waals surface area contributed by atoms with Crippen LogP contribution in [0.4, 0.5) is 5.69 Å². The van der Waals surface area contributed by atoms with Crippen LogP contribution in [0.3, 0.4) is 0 Å². The highest BCUT2D eigenvalue weighted by atomic mass is 32.2. The number of hydrogen-bond acceptors (Lipinski definition) is 5. The minimum absolute atomic E-state index is 0.189. The molecule has 8 heteroatoms. The molecule has 0 spiro atoms. The van der Waals surface area contributed by atoms with Gasteiger partial charge in [-0.15, -0.1) is 0 Å². The first kappa shape index (κ1) is 23.6. The Morgan fingerprint density at radius 2 is 1.79 bits per heavy atom. The van der Waals surface area contributed by atoms with Gasteiger partial charge >= 0.3 is 0 Å². The predicted octanol–water partition coefficient (Wildman–Crippen LogP) is 4.01. The van der Waals surface area contributed by atoms with Gasteiger partial charge < -0.3 is 14.8 Å². The molecule has 1 aliphatic rings. The van der Waals surface area contributed by atoms with Crippen molar-refractivity contribution < 1.29 is 22.7 Å². The van der Waals surface area contributed by atoms with Gasteiger partial charge in [0, 0.05) is 12.1 Å². The van der Waals surface area contributed by atoms with Crippen LogP contribution in [-0.4, -0.2) is 34.6 Å². The van der Waals surface area contributed by atoms with Crippen molar-refractivity contribution >= 4 is 21.6 Å². The monoisotopic (exact) mass is 480 g/mol. The molecule has 1 aliphatic heterocycles. The van der Waals surface area contributed by atoms with Crippen molar-refractivity contribution in [3.8, 4) is 11.5 Å². The van der Waals surface area contributed by atoms with Crippen LogP contribution in [0.5, 0.6) is 11.5 Å². The molecular formula is C26H28N2O5S. The molecule has 34 heavy (non-hydrogen) atoms. The molecule has 1 atom stereocenters. The number of para-hydroxylation sites is 2. The van der Waals surface area contributed by atoms with E-state index in [0.29, 0.717) is 30.0 Å². The Bertz CT molecular complexity index is 1310. The molecule has 7 nitrogen and oxygen atoms in total. The maximum atomic E-state index is 13.2. The van der Waals surface area contributed by atoms with E-state index in [2.05, 4.69) is 5.32 Å². The number of rotatable bonds is 8. The van der Waals surface area contributed by atoms with E-state index in [4.69, 9.17) is 9.47 Å². The molecule has 1 heterocycles. The number of sulfonamides is 1. The molecule has 1 amide bonds. The summed E-state index contributed by atoms with van der Waals surface area (Å²) in [6, 6.07) is 19.5. The van der Waals surface area contributed by atoms with E-state index in [-0.39, 0.29) is 23.5 Å². The lowest BCUT2D eigenvalue weighted by Crippen LogP contribution is -2.31. The maximum Gasteiger partial charge on any atom is 0.264 e. The summed E-state index contributed by atoms with van der Waals surface area (Å²) < 4.78 is 39.0. The summed E-state index contributed by atoms with van der Waals surface area (Å²) in [5.41, 5.74) is 3.25. The quantitative estimate of drug-likeness (QED) is 0.527. The van der Waals surface area contributed by atoms with Crippen LogP contribution >= 0.6 is 0 Å². The number of benzene rings is 3. The van der Waals surface area contributed by atoms with Gasteiger partial charge in [-0.3, -0.25) is 9.10 Å². The van der Waals surface area contributed by atoms with Crippen LogP contribution in [0.1, 0.15) is 29.7 Å². The smallest absolute Gasteiger partial charge is 0.264 e. The number of nitrogens with one attached hydrogen (secondary N) is 1. The number of fused-ring (bicyclic) bond motifs is 1. The molecule has 0 bridgehead atoms. The van der Waals surface area contributed by atoms with Crippen LogP contribution in [0, 0.1) is 6.92 Å². The van der Waals surface area contributed by atoms with E-state index in [0.717, 1.165) is 16.8 Å². The molecule has 0 aliphatic carbocycles. The summed E-state index contributed by atoms with van der Waals surface area (Å²) in [7, 11) is -2.10. The van der Waals surface area contributed by atoms with E-state index < -0.39 is 10.0 Å². The standard InChI is InChI=1S/C26H28N2O5S/c1-18-16-21(34(30,31)28-15-14-20-8-4-6-10-23(20)28)12-13-24(18)33-17-26(29)27-19(2)22-9-5-7-11-25(22)32-3/h4-13,16,19H,14-15,17H2,1-3H3,(H,27,29). The normalized spacial score (nSPS) is 13.8. The lowest BCUT2D eigenvalue weighted by Gasteiger charge is -2.20. The van der Waals surface area contributed by atoms with Crippen molar-refractivity contribution in [1.29, 1.82) is 0 Å². The van der Waals surface area contributed by atoms with Crippen LogP contribution in [0.2, 0.25) is 0 Å². The molecule has 1 N–H and O–H groups in total. The van der Waals surface area contributed by atoms with Gasteiger partial charge in [-0.1, -0.05) is 36.4 Å². The number of methoxy groups -OCH3 is 1. The third-order valence-corrected chi connectivity index (χ3v) is 7.73. The van der Waals surface area contributed by atoms with Gasteiger partial charge in [0.15, 0.2) is 6.61 Å². The fourth-order valence-electron chi connectivity index (χ4n) is 4.16. The highest BCUT2D eigenvalue weighted by Gasteiger charge is 2.30. The van der Waals surface area contributed by atoms with Gasteiger partial charge in [0.1, 0.15) is 11.5 Å². The minimum Gasteiger partial charge on any atom is -0.496 e. The van der Waals surface area contributed by atoms with Gasteiger partial charge in [-0.2, -0.15) is 0 Å². The highest BCUT2D eigenvalue weighted by molar-refractivity contribution is 7.92. The summed E-state index contributed by atoms with van der Waals surface area (Å²) in [5.74, 6) is 0.869. The average Bonchev–Trinajstić information content (AvgIpc) is 3.28. The third-order valence-electron chi connectivity index (χ3n) is 5.92. The molecule has 3 aromatic carbocycles. The van der Waals surface area contributed by atoms with E-state index in [1.807, 2.05) is 55.5 Å². The largest absolute Gasteiger partial charge is 0.496 e. The lowest BCUT2D eigenvalue weighted by atomic mass is 10.1. The molecule has 0 radical (unpaired) electrons. The van der Waals surface area contributed by atoms with Gasteiger partial charge in [0.25, 0.3) is 15.9 Å². The van der Waals surface area contributed by atoms with E-state index in [1.54, 1.807) is 26.2 Å². The Morgan fingerprint density at radius 1 is 1.06 bits per heavy atom. The van der Waals surface area contributed by atoms with Crippen molar-refractivity contribution in [3.05, 3.63) is 83.4 Å². The van der Waals surface area contributed by atoms with Crippen LogP contribution < -0.4 is 19.1 Å². The van der Waals surface area contributed by atoms with Gasteiger partial charge in [0.2, 0.25) is 0 Å². The number of carbonyl (C=O) groups is 1. The van der Waals surface area contributed by atoms with Crippen molar-refractivity contribution in [2.75, 3.05) is 24.6 Å². The number of anilines is 1. The zero-order valence-corrected chi connectivity index (χ0v) is 20.3. The zero-order valence-electron chi connectivity index (χ0n) is 19.4. The second-order valence-corrected chi connectivity index (χ2v) is 10.1. The number of amides is 1.